The van der Waals surface area contributed by atoms with E-state index in [1.165, 1.54) is 0 Å². The van der Waals surface area contributed by atoms with E-state index >= 15 is 0 Å². The maximum Gasteiger partial charge on any atom is 0.309 e. The van der Waals surface area contributed by atoms with Gasteiger partial charge in [0.25, 0.3) is 0 Å². The SMILES string of the molecule is O=C(CC1CC=CCC(Cc2ccccc2)C(=O)OCC(Cc2ccc(OCc3ccccc3)cc2)NC1=O)NCCOCCO. The van der Waals surface area contributed by atoms with Crippen LogP contribution < -0.4 is 15.4 Å². The maximum absolute atomic E-state index is 13.5. The van der Waals surface area contributed by atoms with Gasteiger partial charge in [-0.3, -0.25) is 14.4 Å². The average molecular weight is 629 g/mol. The first-order valence-corrected chi connectivity index (χ1v) is 15.9. The first-order chi connectivity index (χ1) is 22.5. The Kier molecular flexibility index (Phi) is 14.3. The van der Waals surface area contributed by atoms with E-state index in [9.17, 15) is 14.4 Å². The number of cyclic esters (lactones) is 1. The van der Waals surface area contributed by atoms with Gasteiger partial charge in [-0.05, 0) is 54.5 Å². The van der Waals surface area contributed by atoms with Crippen molar-refractivity contribution in [1.29, 1.82) is 0 Å². The van der Waals surface area contributed by atoms with E-state index in [-0.39, 0.29) is 63.1 Å². The topological polar surface area (TPSA) is 123 Å². The van der Waals surface area contributed by atoms with Crippen LogP contribution in [-0.2, 0) is 43.3 Å². The Morgan fingerprint density at radius 1 is 0.826 bits per heavy atom. The molecule has 0 saturated carbocycles. The molecule has 0 spiro atoms. The molecule has 2 amide bonds. The number of hydrogen-bond acceptors (Lipinski definition) is 7. The van der Waals surface area contributed by atoms with Crippen molar-refractivity contribution in [3.63, 3.8) is 0 Å². The van der Waals surface area contributed by atoms with E-state index in [0.29, 0.717) is 32.3 Å². The number of aliphatic hydroxyl groups is 1. The Bertz CT molecular complexity index is 1380. The van der Waals surface area contributed by atoms with E-state index in [2.05, 4.69) is 10.6 Å². The van der Waals surface area contributed by atoms with Crippen LogP contribution in [-0.4, -0.2) is 61.9 Å². The van der Waals surface area contributed by atoms with Crippen LogP contribution in [0.15, 0.2) is 97.1 Å². The molecule has 3 atom stereocenters. The van der Waals surface area contributed by atoms with Gasteiger partial charge in [-0.15, -0.1) is 0 Å². The van der Waals surface area contributed by atoms with Crippen molar-refractivity contribution in [3.8, 4) is 5.75 Å². The molecule has 1 aliphatic rings. The van der Waals surface area contributed by atoms with Crippen molar-refractivity contribution in [2.45, 2.75) is 44.8 Å². The zero-order chi connectivity index (χ0) is 32.4. The molecule has 0 radical (unpaired) electrons. The van der Waals surface area contributed by atoms with Crippen LogP contribution in [0.5, 0.6) is 5.75 Å². The van der Waals surface area contributed by atoms with Crippen LogP contribution >= 0.6 is 0 Å². The molecule has 0 fully saturated rings. The second kappa shape index (κ2) is 19.1. The van der Waals surface area contributed by atoms with E-state index in [0.717, 1.165) is 22.4 Å². The molecule has 4 rings (SSSR count). The van der Waals surface area contributed by atoms with Crippen molar-refractivity contribution >= 4 is 17.8 Å². The van der Waals surface area contributed by atoms with Crippen LogP contribution in [0, 0.1) is 11.8 Å². The van der Waals surface area contributed by atoms with E-state index in [4.69, 9.17) is 19.3 Å². The molecule has 3 aromatic rings. The van der Waals surface area contributed by atoms with E-state index < -0.39 is 12.0 Å². The van der Waals surface area contributed by atoms with Crippen LogP contribution in [0.3, 0.4) is 0 Å². The van der Waals surface area contributed by atoms with Crippen molar-refractivity contribution in [3.05, 3.63) is 114 Å². The fraction of sp³-hybridized carbons (Fsp3) is 0.378. The molecule has 244 valence electrons. The Morgan fingerprint density at radius 3 is 2.17 bits per heavy atom. The monoisotopic (exact) mass is 628 g/mol. The smallest absolute Gasteiger partial charge is 0.309 e. The number of nitrogens with one attached hydrogen (secondary N) is 2. The summed E-state index contributed by atoms with van der Waals surface area (Å²) in [5.74, 6) is -1.10. The molecule has 1 heterocycles. The minimum atomic E-state index is -0.603. The van der Waals surface area contributed by atoms with Gasteiger partial charge >= 0.3 is 5.97 Å². The number of hydrogen-bond donors (Lipinski definition) is 3. The molecular weight excluding hydrogens is 584 g/mol. The summed E-state index contributed by atoms with van der Waals surface area (Å²) in [7, 11) is 0. The van der Waals surface area contributed by atoms with Crippen molar-refractivity contribution < 1.29 is 33.7 Å². The summed E-state index contributed by atoms with van der Waals surface area (Å²) in [5, 5.41) is 14.7. The van der Waals surface area contributed by atoms with Gasteiger partial charge in [0.2, 0.25) is 11.8 Å². The second-order valence-electron chi connectivity index (χ2n) is 11.4. The molecule has 0 aliphatic carbocycles. The van der Waals surface area contributed by atoms with Gasteiger partial charge in [0.15, 0.2) is 0 Å². The van der Waals surface area contributed by atoms with E-state index in [1.54, 1.807) is 0 Å². The van der Waals surface area contributed by atoms with Crippen LogP contribution in [0.4, 0.5) is 0 Å². The fourth-order valence-electron chi connectivity index (χ4n) is 5.21. The number of esters is 1. The third-order valence-electron chi connectivity index (χ3n) is 7.70. The number of aliphatic hydroxyl groups excluding tert-OH is 1. The number of amides is 2. The van der Waals surface area contributed by atoms with Crippen molar-refractivity contribution in [2.75, 3.05) is 33.0 Å². The third kappa shape index (κ3) is 12.1. The molecule has 3 unspecified atom stereocenters. The van der Waals surface area contributed by atoms with Gasteiger partial charge in [-0.25, -0.2) is 0 Å². The summed E-state index contributed by atoms with van der Waals surface area (Å²) in [5.41, 5.74) is 3.06. The lowest BCUT2D eigenvalue weighted by atomic mass is 9.94. The minimum absolute atomic E-state index is 0.00355. The number of carbonyl (C=O) groups is 3. The predicted molar refractivity (Wildman–Crippen MR) is 175 cm³/mol. The van der Waals surface area contributed by atoms with Crippen LogP contribution in [0.1, 0.15) is 36.0 Å². The summed E-state index contributed by atoms with van der Waals surface area (Å²) >= 11 is 0. The number of carbonyl (C=O) groups excluding carboxylic acids is 3. The summed E-state index contributed by atoms with van der Waals surface area (Å²) in [4.78, 5) is 39.5. The molecule has 1 aliphatic heterocycles. The van der Waals surface area contributed by atoms with Crippen molar-refractivity contribution in [2.24, 2.45) is 11.8 Å². The predicted octanol–water partition coefficient (Wildman–Crippen LogP) is 4.18. The van der Waals surface area contributed by atoms with E-state index in [1.807, 2.05) is 97.1 Å². The number of ether oxygens (including phenoxy) is 3. The summed E-state index contributed by atoms with van der Waals surface area (Å²) < 4.78 is 16.9. The van der Waals surface area contributed by atoms with Crippen LogP contribution in [0.2, 0.25) is 0 Å². The zero-order valence-corrected chi connectivity index (χ0v) is 26.1. The quantitative estimate of drug-likeness (QED) is 0.139. The van der Waals surface area contributed by atoms with Crippen molar-refractivity contribution in [1.82, 2.24) is 10.6 Å². The third-order valence-corrected chi connectivity index (χ3v) is 7.70. The van der Waals surface area contributed by atoms with Crippen LogP contribution in [0.25, 0.3) is 0 Å². The minimum Gasteiger partial charge on any atom is -0.489 e. The average Bonchev–Trinajstić information content (AvgIpc) is 3.07. The molecule has 3 aromatic carbocycles. The first kappa shape index (κ1) is 34.4. The summed E-state index contributed by atoms with van der Waals surface area (Å²) in [6.45, 7) is 1.14. The Labute approximate surface area is 271 Å². The zero-order valence-electron chi connectivity index (χ0n) is 26.1. The Balaban J connectivity index is 1.44. The largest absolute Gasteiger partial charge is 0.489 e. The van der Waals surface area contributed by atoms with Gasteiger partial charge in [0, 0.05) is 13.0 Å². The standard InChI is InChI=1S/C37H44N2O7/c40-20-22-44-21-19-38-35(41)25-31-13-7-8-14-32(23-28-9-3-1-4-10-28)37(43)46-27-33(39-36(31)42)24-29-15-17-34(18-16-29)45-26-30-11-5-2-6-12-30/h1-12,15-18,31-33,40H,13-14,19-27H2,(H,38,41)(H,39,42). The van der Waals surface area contributed by atoms with Gasteiger partial charge in [-0.1, -0.05) is 84.9 Å². The molecule has 9 heteroatoms. The fourth-order valence-corrected chi connectivity index (χ4v) is 5.21. The molecule has 0 bridgehead atoms. The number of allylic oxidation sites excluding steroid dienone is 2. The molecule has 0 saturated heterocycles. The lowest BCUT2D eigenvalue weighted by molar-refractivity contribution is -0.150. The maximum atomic E-state index is 13.5. The highest BCUT2D eigenvalue weighted by atomic mass is 16.5. The van der Waals surface area contributed by atoms with Gasteiger partial charge in [0.05, 0.1) is 37.7 Å². The Hall–Kier alpha value is -4.47. The second-order valence-corrected chi connectivity index (χ2v) is 11.4. The highest BCUT2D eigenvalue weighted by molar-refractivity contribution is 5.86. The molecule has 46 heavy (non-hydrogen) atoms. The van der Waals surface area contributed by atoms with Gasteiger partial charge < -0.3 is 30.0 Å². The normalized spacial score (nSPS) is 18.8. The first-order valence-electron chi connectivity index (χ1n) is 15.9. The highest BCUT2D eigenvalue weighted by Crippen LogP contribution is 2.20. The number of rotatable bonds is 14. The lowest BCUT2D eigenvalue weighted by Gasteiger charge is -2.24. The molecular formula is C37H44N2O7. The van der Waals surface area contributed by atoms with Gasteiger partial charge in [0.1, 0.15) is 19.0 Å². The number of benzene rings is 3. The van der Waals surface area contributed by atoms with Gasteiger partial charge in [-0.2, -0.15) is 0 Å². The molecule has 9 nitrogen and oxygen atoms in total. The lowest BCUT2D eigenvalue weighted by Crippen LogP contribution is -2.45. The summed E-state index contributed by atoms with van der Waals surface area (Å²) in [6.07, 6.45) is 5.56. The highest BCUT2D eigenvalue weighted by Gasteiger charge is 2.27. The molecule has 0 aromatic heterocycles. The molecule has 3 N–H and O–H groups in total. The Morgan fingerprint density at radius 2 is 1.48 bits per heavy atom. The summed E-state index contributed by atoms with van der Waals surface area (Å²) in [6, 6.07) is 26.9.